The zero-order chi connectivity index (χ0) is 14.8. The largest absolute Gasteiger partial charge is 0.481 e. The Kier molecular flexibility index (Phi) is 4.45. The molecular formula is C13H19ClN4O2. The van der Waals surface area contributed by atoms with Crippen molar-refractivity contribution >= 4 is 23.5 Å². The summed E-state index contributed by atoms with van der Waals surface area (Å²) in [6, 6.07) is 1.21. The Hall–Kier alpha value is -1.40. The molecule has 20 heavy (non-hydrogen) atoms. The van der Waals surface area contributed by atoms with E-state index in [1.807, 2.05) is 0 Å². The smallest absolute Gasteiger partial charge is 0.244 e. The molecule has 1 aromatic rings. The van der Waals surface area contributed by atoms with E-state index in [1.165, 1.54) is 13.2 Å². The molecule has 1 aromatic heterocycles. The standard InChI is InChI=1S/C13H19ClN4O2/c1-13(2)5-4-6-15-10(13)11(19)18-12-16-8(14)7-9(17-12)20-3/h7,10,15H,4-6H2,1-3H3,(H,16,17,18,19). The fourth-order valence-electron chi connectivity index (χ4n) is 2.40. The van der Waals surface area contributed by atoms with Crippen LogP contribution < -0.4 is 15.4 Å². The van der Waals surface area contributed by atoms with Gasteiger partial charge in [-0.15, -0.1) is 0 Å². The SMILES string of the molecule is COc1cc(Cl)nc(NC(=O)C2NCCCC2(C)C)n1. The number of methoxy groups -OCH3 is 1. The highest BCUT2D eigenvalue weighted by Crippen LogP contribution is 2.30. The third-order valence-corrected chi connectivity index (χ3v) is 3.70. The summed E-state index contributed by atoms with van der Waals surface area (Å²) in [6.07, 6.45) is 2.07. The van der Waals surface area contributed by atoms with Gasteiger partial charge < -0.3 is 10.1 Å². The maximum absolute atomic E-state index is 12.4. The zero-order valence-electron chi connectivity index (χ0n) is 11.9. The van der Waals surface area contributed by atoms with Gasteiger partial charge >= 0.3 is 0 Å². The van der Waals surface area contributed by atoms with Gasteiger partial charge in [0.2, 0.25) is 17.7 Å². The van der Waals surface area contributed by atoms with Crippen molar-refractivity contribution in [3.63, 3.8) is 0 Å². The number of ether oxygens (including phenoxy) is 1. The van der Waals surface area contributed by atoms with Gasteiger partial charge in [0, 0.05) is 6.07 Å². The summed E-state index contributed by atoms with van der Waals surface area (Å²) in [5.41, 5.74) is -0.106. The number of rotatable bonds is 3. The van der Waals surface area contributed by atoms with Crippen molar-refractivity contribution in [1.29, 1.82) is 0 Å². The lowest BCUT2D eigenvalue weighted by atomic mass is 9.77. The minimum Gasteiger partial charge on any atom is -0.481 e. The number of piperidine rings is 1. The average molecular weight is 299 g/mol. The molecule has 2 N–H and O–H groups in total. The first-order valence-electron chi connectivity index (χ1n) is 6.55. The van der Waals surface area contributed by atoms with E-state index in [1.54, 1.807) is 0 Å². The van der Waals surface area contributed by atoms with Crippen molar-refractivity contribution < 1.29 is 9.53 Å². The normalized spacial score (nSPS) is 21.3. The fourth-order valence-corrected chi connectivity index (χ4v) is 2.57. The van der Waals surface area contributed by atoms with E-state index in [-0.39, 0.29) is 28.5 Å². The van der Waals surface area contributed by atoms with Gasteiger partial charge in [-0.3, -0.25) is 10.1 Å². The van der Waals surface area contributed by atoms with Gasteiger partial charge in [-0.1, -0.05) is 25.4 Å². The molecule has 2 rings (SSSR count). The lowest BCUT2D eigenvalue weighted by Crippen LogP contribution is -2.53. The molecule has 0 radical (unpaired) electrons. The van der Waals surface area contributed by atoms with Crippen LogP contribution in [0.2, 0.25) is 5.15 Å². The van der Waals surface area contributed by atoms with Crippen molar-refractivity contribution in [2.45, 2.75) is 32.7 Å². The van der Waals surface area contributed by atoms with E-state index in [0.29, 0.717) is 5.88 Å². The molecule has 7 heteroatoms. The van der Waals surface area contributed by atoms with E-state index >= 15 is 0 Å². The highest BCUT2D eigenvalue weighted by molar-refractivity contribution is 6.29. The number of aromatic nitrogens is 2. The molecule has 1 saturated heterocycles. The summed E-state index contributed by atoms with van der Waals surface area (Å²) >= 11 is 5.86. The van der Waals surface area contributed by atoms with Crippen LogP contribution >= 0.6 is 11.6 Å². The van der Waals surface area contributed by atoms with Gasteiger partial charge in [0.25, 0.3) is 0 Å². The molecule has 1 atom stereocenters. The first-order valence-corrected chi connectivity index (χ1v) is 6.93. The molecule has 110 valence electrons. The fraction of sp³-hybridized carbons (Fsp3) is 0.615. The summed E-state index contributed by atoms with van der Waals surface area (Å²) in [5, 5.41) is 6.16. The summed E-state index contributed by atoms with van der Waals surface area (Å²) in [6.45, 7) is 4.98. The highest BCUT2D eigenvalue weighted by Gasteiger charge is 2.37. The monoisotopic (exact) mass is 298 g/mol. The molecule has 0 saturated carbocycles. The molecule has 1 aliphatic rings. The Morgan fingerprint density at radius 1 is 1.55 bits per heavy atom. The van der Waals surface area contributed by atoms with E-state index in [4.69, 9.17) is 16.3 Å². The van der Waals surface area contributed by atoms with Crippen LogP contribution in [0.5, 0.6) is 5.88 Å². The maximum atomic E-state index is 12.4. The van der Waals surface area contributed by atoms with Gasteiger partial charge in [0.1, 0.15) is 5.15 Å². The maximum Gasteiger partial charge on any atom is 0.244 e. The number of hydrogen-bond donors (Lipinski definition) is 2. The molecular weight excluding hydrogens is 280 g/mol. The third-order valence-electron chi connectivity index (χ3n) is 3.51. The highest BCUT2D eigenvalue weighted by atomic mass is 35.5. The van der Waals surface area contributed by atoms with Crippen molar-refractivity contribution in [3.8, 4) is 5.88 Å². The number of carbonyl (C=O) groups excluding carboxylic acids is 1. The van der Waals surface area contributed by atoms with Crippen LogP contribution in [0.15, 0.2) is 6.07 Å². The minimum atomic E-state index is -0.273. The number of hydrogen-bond acceptors (Lipinski definition) is 5. The Labute approximate surface area is 123 Å². The Morgan fingerprint density at radius 2 is 2.30 bits per heavy atom. The predicted molar refractivity (Wildman–Crippen MR) is 77.0 cm³/mol. The van der Waals surface area contributed by atoms with Crippen LogP contribution in [0.3, 0.4) is 0 Å². The second-order valence-electron chi connectivity index (χ2n) is 5.53. The van der Waals surface area contributed by atoms with Crippen LogP contribution in [0.4, 0.5) is 5.95 Å². The number of amides is 1. The van der Waals surface area contributed by atoms with Gasteiger partial charge in [0.05, 0.1) is 13.2 Å². The summed E-state index contributed by atoms with van der Waals surface area (Å²) in [5.74, 6) is 0.317. The second-order valence-corrected chi connectivity index (χ2v) is 5.91. The Bertz CT molecular complexity index is 507. The Morgan fingerprint density at radius 3 is 2.95 bits per heavy atom. The first kappa shape index (κ1) is 15.0. The number of nitrogens with zero attached hydrogens (tertiary/aromatic N) is 2. The summed E-state index contributed by atoms with van der Waals surface area (Å²) in [7, 11) is 1.48. The van der Waals surface area contributed by atoms with Gasteiger partial charge in [-0.05, 0) is 24.8 Å². The molecule has 0 bridgehead atoms. The number of anilines is 1. The van der Waals surface area contributed by atoms with Gasteiger partial charge in [-0.2, -0.15) is 4.98 Å². The number of nitrogens with one attached hydrogen (secondary N) is 2. The lowest BCUT2D eigenvalue weighted by molar-refractivity contribution is -0.121. The zero-order valence-corrected chi connectivity index (χ0v) is 12.6. The summed E-state index contributed by atoms with van der Waals surface area (Å²) < 4.78 is 5.00. The van der Waals surface area contributed by atoms with Crippen LogP contribution in [0, 0.1) is 5.41 Å². The van der Waals surface area contributed by atoms with E-state index in [2.05, 4.69) is 34.4 Å². The topological polar surface area (TPSA) is 76.1 Å². The van der Waals surface area contributed by atoms with Crippen LogP contribution in [-0.2, 0) is 4.79 Å². The molecule has 6 nitrogen and oxygen atoms in total. The lowest BCUT2D eigenvalue weighted by Gasteiger charge is -2.38. The van der Waals surface area contributed by atoms with Crippen LogP contribution in [0.25, 0.3) is 0 Å². The molecule has 0 aliphatic carbocycles. The van der Waals surface area contributed by atoms with Crippen molar-refractivity contribution in [2.24, 2.45) is 5.41 Å². The molecule has 1 aliphatic heterocycles. The van der Waals surface area contributed by atoms with Crippen molar-refractivity contribution in [3.05, 3.63) is 11.2 Å². The second kappa shape index (κ2) is 5.93. The molecule has 1 amide bonds. The Balaban J connectivity index is 2.13. The van der Waals surface area contributed by atoms with Crippen molar-refractivity contribution in [2.75, 3.05) is 19.0 Å². The van der Waals surface area contributed by atoms with E-state index in [0.717, 1.165) is 19.4 Å². The molecule has 0 spiro atoms. The quantitative estimate of drug-likeness (QED) is 0.833. The van der Waals surface area contributed by atoms with E-state index in [9.17, 15) is 4.79 Å². The predicted octanol–water partition coefficient (Wildman–Crippen LogP) is 1.86. The van der Waals surface area contributed by atoms with E-state index < -0.39 is 0 Å². The van der Waals surface area contributed by atoms with Crippen LogP contribution in [-0.4, -0.2) is 35.6 Å². The molecule has 1 unspecified atom stereocenters. The average Bonchev–Trinajstić information content (AvgIpc) is 2.37. The first-order chi connectivity index (χ1) is 9.42. The molecule has 0 aromatic carbocycles. The van der Waals surface area contributed by atoms with Crippen molar-refractivity contribution in [1.82, 2.24) is 15.3 Å². The van der Waals surface area contributed by atoms with Gasteiger partial charge in [0.15, 0.2) is 0 Å². The molecule has 2 heterocycles. The van der Waals surface area contributed by atoms with Gasteiger partial charge in [-0.25, -0.2) is 4.98 Å². The number of carbonyl (C=O) groups is 1. The third kappa shape index (κ3) is 3.37. The van der Waals surface area contributed by atoms with Crippen LogP contribution in [0.1, 0.15) is 26.7 Å². The molecule has 1 fully saturated rings. The number of halogens is 1. The minimum absolute atomic E-state index is 0.106. The summed E-state index contributed by atoms with van der Waals surface area (Å²) in [4.78, 5) is 20.4.